The smallest absolute Gasteiger partial charge is 0.0434 e. The van der Waals surface area contributed by atoms with E-state index >= 15 is 0 Å². The summed E-state index contributed by atoms with van der Waals surface area (Å²) in [6, 6.07) is 9.13. The third-order valence-corrected chi connectivity index (χ3v) is 5.03. The van der Waals surface area contributed by atoms with E-state index in [1.807, 2.05) is 0 Å². The van der Waals surface area contributed by atoms with Crippen LogP contribution >= 0.6 is 0 Å². The Hall–Kier alpha value is -0.820. The summed E-state index contributed by atoms with van der Waals surface area (Å²) in [6.45, 7) is 7.44. The number of benzene rings is 1. The lowest BCUT2D eigenvalue weighted by atomic mass is 9.68. The van der Waals surface area contributed by atoms with Gasteiger partial charge in [-0.2, -0.15) is 0 Å². The molecule has 0 aromatic heterocycles. The zero-order valence-electron chi connectivity index (χ0n) is 13.4. The lowest BCUT2D eigenvalue weighted by molar-refractivity contribution is 0.169. The van der Waals surface area contributed by atoms with E-state index < -0.39 is 0 Å². The zero-order valence-corrected chi connectivity index (χ0v) is 13.4. The molecule has 20 heavy (non-hydrogen) atoms. The Bertz CT molecular complexity index is 391. The van der Waals surface area contributed by atoms with Crippen LogP contribution in [0.1, 0.15) is 69.9 Å². The SMILES string of the molecule is CC(C)(C)C1CCC(c2ccc(CCCO)cc2)CC1. The Morgan fingerprint density at radius 3 is 2.10 bits per heavy atom. The second kappa shape index (κ2) is 6.76. The average Bonchev–Trinajstić information content (AvgIpc) is 2.45. The fourth-order valence-electron chi connectivity index (χ4n) is 3.53. The molecular formula is C19H30O. The maximum absolute atomic E-state index is 8.88. The fourth-order valence-corrected chi connectivity index (χ4v) is 3.53. The number of rotatable bonds is 4. The predicted octanol–water partition coefficient (Wildman–Crippen LogP) is 4.93. The minimum absolute atomic E-state index is 0.290. The van der Waals surface area contributed by atoms with E-state index in [4.69, 9.17) is 5.11 Å². The normalized spacial score (nSPS) is 23.8. The van der Waals surface area contributed by atoms with E-state index in [9.17, 15) is 0 Å². The first-order valence-corrected chi connectivity index (χ1v) is 8.20. The molecule has 0 atom stereocenters. The van der Waals surface area contributed by atoms with Crippen molar-refractivity contribution in [1.82, 2.24) is 0 Å². The second-order valence-electron chi connectivity index (χ2n) is 7.48. The molecule has 0 spiro atoms. The highest BCUT2D eigenvalue weighted by molar-refractivity contribution is 5.26. The van der Waals surface area contributed by atoms with Crippen LogP contribution in [0.15, 0.2) is 24.3 Å². The van der Waals surface area contributed by atoms with Crippen molar-refractivity contribution in [3.8, 4) is 0 Å². The summed E-state index contributed by atoms with van der Waals surface area (Å²) in [4.78, 5) is 0. The summed E-state index contributed by atoms with van der Waals surface area (Å²) < 4.78 is 0. The van der Waals surface area contributed by atoms with Crippen LogP contribution in [-0.4, -0.2) is 11.7 Å². The summed E-state index contributed by atoms with van der Waals surface area (Å²) in [5, 5.41) is 8.88. The quantitative estimate of drug-likeness (QED) is 0.825. The Kier molecular flexibility index (Phi) is 5.26. The summed E-state index contributed by atoms with van der Waals surface area (Å²) >= 11 is 0. The molecule has 0 amide bonds. The molecule has 0 heterocycles. The Morgan fingerprint density at radius 1 is 1.00 bits per heavy atom. The van der Waals surface area contributed by atoms with E-state index in [0.717, 1.165) is 24.7 Å². The van der Waals surface area contributed by atoms with Gasteiger partial charge in [-0.15, -0.1) is 0 Å². The second-order valence-corrected chi connectivity index (χ2v) is 7.48. The number of hydrogen-bond acceptors (Lipinski definition) is 1. The van der Waals surface area contributed by atoms with E-state index in [0.29, 0.717) is 12.0 Å². The van der Waals surface area contributed by atoms with Crippen molar-refractivity contribution < 1.29 is 5.11 Å². The van der Waals surface area contributed by atoms with Gasteiger partial charge in [0.1, 0.15) is 0 Å². The number of hydrogen-bond donors (Lipinski definition) is 1. The highest BCUT2D eigenvalue weighted by Gasteiger charge is 2.30. The van der Waals surface area contributed by atoms with Gasteiger partial charge < -0.3 is 5.11 Å². The third-order valence-electron chi connectivity index (χ3n) is 5.03. The van der Waals surface area contributed by atoms with Crippen LogP contribution in [0.25, 0.3) is 0 Å². The molecule has 1 aromatic rings. The van der Waals surface area contributed by atoms with Gasteiger partial charge in [-0.05, 0) is 66.9 Å². The molecule has 112 valence electrons. The van der Waals surface area contributed by atoms with Crippen molar-refractivity contribution in [3.05, 3.63) is 35.4 Å². The van der Waals surface area contributed by atoms with Crippen molar-refractivity contribution in [3.63, 3.8) is 0 Å². The molecule has 1 nitrogen and oxygen atoms in total. The molecular weight excluding hydrogens is 244 g/mol. The molecule has 1 aromatic carbocycles. The first kappa shape index (κ1) is 15.6. The van der Waals surface area contributed by atoms with Crippen molar-refractivity contribution in [1.29, 1.82) is 0 Å². The van der Waals surface area contributed by atoms with Crippen molar-refractivity contribution in [2.45, 2.75) is 65.2 Å². The molecule has 0 saturated heterocycles. The highest BCUT2D eigenvalue weighted by Crippen LogP contribution is 2.43. The van der Waals surface area contributed by atoms with E-state index in [1.54, 1.807) is 0 Å². The molecule has 1 heteroatoms. The van der Waals surface area contributed by atoms with Gasteiger partial charge in [0.25, 0.3) is 0 Å². The van der Waals surface area contributed by atoms with Gasteiger partial charge in [0, 0.05) is 6.61 Å². The number of aliphatic hydroxyl groups excluding tert-OH is 1. The first-order chi connectivity index (χ1) is 9.50. The van der Waals surface area contributed by atoms with Crippen LogP contribution in [0.4, 0.5) is 0 Å². The van der Waals surface area contributed by atoms with Crippen molar-refractivity contribution in [2.24, 2.45) is 11.3 Å². The number of aryl methyl sites for hydroxylation is 1. The van der Waals surface area contributed by atoms with E-state index in [1.165, 1.54) is 36.8 Å². The standard InChI is InChI=1S/C19H30O/c1-19(2,3)18-12-10-17(11-13-18)16-8-6-15(7-9-16)5-4-14-20/h6-9,17-18,20H,4-5,10-14H2,1-3H3. The molecule has 1 N–H and O–H groups in total. The van der Waals surface area contributed by atoms with Crippen LogP contribution < -0.4 is 0 Å². The maximum atomic E-state index is 8.88. The van der Waals surface area contributed by atoms with Crippen LogP contribution in [0.5, 0.6) is 0 Å². The highest BCUT2D eigenvalue weighted by atomic mass is 16.2. The lowest BCUT2D eigenvalue weighted by Crippen LogP contribution is -2.25. The first-order valence-electron chi connectivity index (χ1n) is 8.20. The van der Waals surface area contributed by atoms with Gasteiger partial charge >= 0.3 is 0 Å². The van der Waals surface area contributed by atoms with Crippen LogP contribution in [-0.2, 0) is 6.42 Å². The van der Waals surface area contributed by atoms with E-state index in [-0.39, 0.29) is 0 Å². The third kappa shape index (κ3) is 4.09. The van der Waals surface area contributed by atoms with Gasteiger partial charge in [-0.1, -0.05) is 45.0 Å². The Labute approximate surface area is 124 Å². The molecule has 1 aliphatic carbocycles. The topological polar surface area (TPSA) is 20.2 Å². The molecule has 0 unspecified atom stereocenters. The number of aliphatic hydroxyl groups is 1. The van der Waals surface area contributed by atoms with Crippen molar-refractivity contribution in [2.75, 3.05) is 6.61 Å². The lowest BCUT2D eigenvalue weighted by Gasteiger charge is -2.37. The molecule has 1 saturated carbocycles. The minimum atomic E-state index is 0.290. The maximum Gasteiger partial charge on any atom is 0.0434 e. The van der Waals surface area contributed by atoms with Gasteiger partial charge in [0.15, 0.2) is 0 Å². The monoisotopic (exact) mass is 274 g/mol. The van der Waals surface area contributed by atoms with Gasteiger partial charge in [-0.3, -0.25) is 0 Å². The summed E-state index contributed by atoms with van der Waals surface area (Å²) in [5.41, 5.74) is 3.34. The summed E-state index contributed by atoms with van der Waals surface area (Å²) in [6.07, 6.45) is 7.31. The average molecular weight is 274 g/mol. The summed E-state index contributed by atoms with van der Waals surface area (Å²) in [7, 11) is 0. The van der Waals surface area contributed by atoms with Crippen LogP contribution in [0.3, 0.4) is 0 Å². The van der Waals surface area contributed by atoms with Crippen LogP contribution in [0.2, 0.25) is 0 Å². The molecule has 0 aliphatic heterocycles. The minimum Gasteiger partial charge on any atom is -0.396 e. The fraction of sp³-hybridized carbons (Fsp3) is 0.684. The predicted molar refractivity (Wildman–Crippen MR) is 86.0 cm³/mol. The zero-order chi connectivity index (χ0) is 14.6. The van der Waals surface area contributed by atoms with Crippen LogP contribution in [0, 0.1) is 11.3 Å². The largest absolute Gasteiger partial charge is 0.396 e. The van der Waals surface area contributed by atoms with E-state index in [2.05, 4.69) is 45.0 Å². The summed E-state index contributed by atoms with van der Waals surface area (Å²) in [5.74, 6) is 1.66. The van der Waals surface area contributed by atoms with Gasteiger partial charge in [-0.25, -0.2) is 0 Å². The van der Waals surface area contributed by atoms with Gasteiger partial charge in [0.2, 0.25) is 0 Å². The molecule has 1 aliphatic rings. The van der Waals surface area contributed by atoms with Crippen molar-refractivity contribution >= 4 is 0 Å². The molecule has 0 radical (unpaired) electrons. The molecule has 1 fully saturated rings. The molecule has 2 rings (SSSR count). The Balaban J connectivity index is 1.90. The molecule has 0 bridgehead atoms. The Morgan fingerprint density at radius 2 is 1.60 bits per heavy atom. The van der Waals surface area contributed by atoms with Gasteiger partial charge in [0.05, 0.1) is 0 Å².